The van der Waals surface area contributed by atoms with Crippen LogP contribution < -0.4 is 4.90 Å². The number of hydrogen-bond acceptors (Lipinski definition) is 3. The van der Waals surface area contributed by atoms with Crippen LogP contribution in [0.3, 0.4) is 0 Å². The lowest BCUT2D eigenvalue weighted by Gasteiger charge is -2.39. The maximum absolute atomic E-state index is 13.6. The number of rotatable bonds is 2. The Labute approximate surface area is 151 Å². The summed E-state index contributed by atoms with van der Waals surface area (Å²) in [6.45, 7) is 4.06. The van der Waals surface area contributed by atoms with Crippen LogP contribution in [0, 0.1) is 24.1 Å². The Morgan fingerprint density at radius 3 is 2.73 bits per heavy atom. The van der Waals surface area contributed by atoms with Gasteiger partial charge in [-0.25, -0.2) is 4.39 Å². The number of piperazine rings is 1. The van der Waals surface area contributed by atoms with Crippen molar-refractivity contribution in [1.82, 2.24) is 4.90 Å². The van der Waals surface area contributed by atoms with Gasteiger partial charge in [-0.15, -0.1) is 0 Å². The van der Waals surface area contributed by atoms with Gasteiger partial charge in [-0.05, 0) is 49.7 Å². The number of anilines is 1. The van der Waals surface area contributed by atoms with Gasteiger partial charge in [0.2, 0.25) is 5.91 Å². The summed E-state index contributed by atoms with van der Waals surface area (Å²) >= 11 is 0. The van der Waals surface area contributed by atoms with Gasteiger partial charge in [-0.2, -0.15) is 5.26 Å². The molecule has 2 aromatic rings. The first-order chi connectivity index (χ1) is 12.4. The molecule has 1 aliphatic rings. The Hall–Kier alpha value is -3.20. The van der Waals surface area contributed by atoms with Crippen LogP contribution in [0.25, 0.3) is 0 Å². The maximum atomic E-state index is 13.6. The summed E-state index contributed by atoms with van der Waals surface area (Å²) in [5, 5.41) is 8.95. The van der Waals surface area contributed by atoms with E-state index in [-0.39, 0.29) is 29.6 Å². The molecule has 0 radical (unpaired) electrons. The fourth-order valence-corrected chi connectivity index (χ4v) is 3.11. The van der Waals surface area contributed by atoms with E-state index >= 15 is 0 Å². The van der Waals surface area contributed by atoms with Crippen molar-refractivity contribution in [3.05, 3.63) is 65.0 Å². The molecule has 2 aromatic carbocycles. The van der Waals surface area contributed by atoms with E-state index in [0.717, 1.165) is 23.4 Å². The fourth-order valence-electron chi connectivity index (χ4n) is 3.11. The fraction of sp³-hybridized carbons (Fsp3) is 0.250. The molecule has 0 aliphatic carbocycles. The van der Waals surface area contributed by atoms with Gasteiger partial charge in [0.05, 0.1) is 11.6 Å². The number of carbonyl (C=O) groups is 2. The second kappa shape index (κ2) is 6.96. The number of halogens is 1. The van der Waals surface area contributed by atoms with E-state index in [9.17, 15) is 14.0 Å². The lowest BCUT2D eigenvalue weighted by molar-refractivity contribution is -0.121. The smallest absolute Gasteiger partial charge is 0.254 e. The molecule has 1 unspecified atom stereocenters. The van der Waals surface area contributed by atoms with Gasteiger partial charge in [0.25, 0.3) is 5.91 Å². The topological polar surface area (TPSA) is 64.4 Å². The number of nitrogens with zero attached hydrogens (tertiary/aromatic N) is 3. The third kappa shape index (κ3) is 3.42. The molecule has 1 atom stereocenters. The van der Waals surface area contributed by atoms with Crippen LogP contribution in [0.15, 0.2) is 42.5 Å². The van der Waals surface area contributed by atoms with Crippen LogP contribution in [0.2, 0.25) is 0 Å². The van der Waals surface area contributed by atoms with Crippen molar-refractivity contribution in [2.24, 2.45) is 0 Å². The third-order valence-corrected chi connectivity index (χ3v) is 4.43. The quantitative estimate of drug-likeness (QED) is 0.836. The summed E-state index contributed by atoms with van der Waals surface area (Å²) in [4.78, 5) is 28.4. The molecular formula is C20H18FN3O2. The zero-order valence-corrected chi connectivity index (χ0v) is 14.6. The first kappa shape index (κ1) is 17.6. The molecule has 0 bridgehead atoms. The van der Waals surface area contributed by atoms with Crippen LogP contribution in [-0.4, -0.2) is 35.8 Å². The van der Waals surface area contributed by atoms with E-state index in [2.05, 4.69) is 0 Å². The Morgan fingerprint density at radius 2 is 2.04 bits per heavy atom. The third-order valence-electron chi connectivity index (χ3n) is 4.43. The number of nitriles is 1. The number of hydrogen-bond donors (Lipinski definition) is 0. The van der Waals surface area contributed by atoms with Crippen LogP contribution >= 0.6 is 0 Å². The summed E-state index contributed by atoms with van der Waals surface area (Å²) in [5.41, 5.74) is 1.99. The monoisotopic (exact) mass is 351 g/mol. The molecular weight excluding hydrogens is 333 g/mol. The highest BCUT2D eigenvalue weighted by molar-refractivity contribution is 6.02. The van der Waals surface area contributed by atoms with Gasteiger partial charge in [0.15, 0.2) is 0 Å². The van der Waals surface area contributed by atoms with E-state index in [1.54, 1.807) is 4.90 Å². The normalized spacial score (nSPS) is 17.2. The minimum absolute atomic E-state index is 0.0743. The standard InChI is InChI=1S/C20H18FN3O2/c1-13-4-3-5-18(6-13)24-11-14(2)23(12-19(24)25)20(26)16-7-15(10-22)8-17(21)9-16/h3-9,14H,11-12H2,1-2H3. The van der Waals surface area contributed by atoms with Gasteiger partial charge in [-0.3, -0.25) is 9.59 Å². The molecule has 0 saturated carbocycles. The van der Waals surface area contributed by atoms with Crippen molar-refractivity contribution in [3.8, 4) is 6.07 Å². The van der Waals surface area contributed by atoms with Crippen molar-refractivity contribution in [1.29, 1.82) is 5.26 Å². The second-order valence-electron chi connectivity index (χ2n) is 6.47. The van der Waals surface area contributed by atoms with Gasteiger partial charge in [0, 0.05) is 23.8 Å². The van der Waals surface area contributed by atoms with Crippen LogP contribution in [0.5, 0.6) is 0 Å². The van der Waals surface area contributed by atoms with Crippen LogP contribution in [0.1, 0.15) is 28.4 Å². The number of aryl methyl sites for hydroxylation is 1. The average Bonchev–Trinajstić information content (AvgIpc) is 2.62. The lowest BCUT2D eigenvalue weighted by atomic mass is 10.1. The van der Waals surface area contributed by atoms with Crippen molar-refractivity contribution in [2.75, 3.05) is 18.0 Å². The number of benzene rings is 2. The van der Waals surface area contributed by atoms with E-state index in [4.69, 9.17) is 5.26 Å². The van der Waals surface area contributed by atoms with E-state index in [0.29, 0.717) is 6.54 Å². The SMILES string of the molecule is Cc1cccc(N2CC(C)N(C(=O)c3cc(F)cc(C#N)c3)CC2=O)c1. The number of carbonyl (C=O) groups excluding carboxylic acids is 2. The molecule has 5 nitrogen and oxygen atoms in total. The Balaban J connectivity index is 1.84. The minimum atomic E-state index is -0.648. The molecule has 132 valence electrons. The Bertz CT molecular complexity index is 920. The molecule has 1 heterocycles. The molecule has 26 heavy (non-hydrogen) atoms. The summed E-state index contributed by atoms with van der Waals surface area (Å²) in [6, 6.07) is 12.7. The highest BCUT2D eigenvalue weighted by atomic mass is 19.1. The average molecular weight is 351 g/mol. The second-order valence-corrected chi connectivity index (χ2v) is 6.47. The van der Waals surface area contributed by atoms with Crippen molar-refractivity contribution in [3.63, 3.8) is 0 Å². The first-order valence-corrected chi connectivity index (χ1v) is 8.27. The summed E-state index contributed by atoms with van der Waals surface area (Å²) in [6.07, 6.45) is 0. The Kier molecular flexibility index (Phi) is 4.72. The Morgan fingerprint density at radius 1 is 1.27 bits per heavy atom. The van der Waals surface area contributed by atoms with Gasteiger partial charge < -0.3 is 9.80 Å². The molecule has 1 saturated heterocycles. The summed E-state index contributed by atoms with van der Waals surface area (Å²) in [5.74, 6) is -1.30. The van der Waals surface area contributed by atoms with Crippen LogP contribution in [-0.2, 0) is 4.79 Å². The summed E-state index contributed by atoms with van der Waals surface area (Å²) in [7, 11) is 0. The molecule has 1 aliphatic heterocycles. The van der Waals surface area contributed by atoms with E-state index < -0.39 is 11.7 Å². The number of amides is 2. The molecule has 0 aromatic heterocycles. The van der Waals surface area contributed by atoms with Gasteiger partial charge >= 0.3 is 0 Å². The summed E-state index contributed by atoms with van der Waals surface area (Å²) < 4.78 is 13.6. The lowest BCUT2D eigenvalue weighted by Crippen LogP contribution is -2.57. The van der Waals surface area contributed by atoms with Crippen molar-refractivity contribution < 1.29 is 14.0 Å². The van der Waals surface area contributed by atoms with E-state index in [1.165, 1.54) is 11.0 Å². The van der Waals surface area contributed by atoms with Crippen LogP contribution in [0.4, 0.5) is 10.1 Å². The maximum Gasteiger partial charge on any atom is 0.254 e. The molecule has 1 fully saturated rings. The zero-order valence-electron chi connectivity index (χ0n) is 14.6. The molecule has 2 amide bonds. The zero-order chi connectivity index (χ0) is 18.8. The van der Waals surface area contributed by atoms with Gasteiger partial charge in [0.1, 0.15) is 12.4 Å². The largest absolute Gasteiger partial charge is 0.325 e. The van der Waals surface area contributed by atoms with Crippen molar-refractivity contribution in [2.45, 2.75) is 19.9 Å². The predicted octanol–water partition coefficient (Wildman–Crippen LogP) is 2.88. The van der Waals surface area contributed by atoms with E-state index in [1.807, 2.05) is 44.2 Å². The molecule has 6 heteroatoms. The highest BCUT2D eigenvalue weighted by Gasteiger charge is 2.33. The highest BCUT2D eigenvalue weighted by Crippen LogP contribution is 2.23. The predicted molar refractivity (Wildman–Crippen MR) is 95.1 cm³/mol. The molecule has 0 spiro atoms. The minimum Gasteiger partial charge on any atom is -0.325 e. The molecule has 0 N–H and O–H groups in total. The van der Waals surface area contributed by atoms with Crippen molar-refractivity contribution >= 4 is 17.5 Å². The molecule has 3 rings (SSSR count). The van der Waals surface area contributed by atoms with Gasteiger partial charge in [-0.1, -0.05) is 12.1 Å². The first-order valence-electron chi connectivity index (χ1n) is 8.27.